The minimum Gasteiger partial charge on any atom is -0.100 e. The first-order valence-electron chi connectivity index (χ1n) is 11.3. The maximum absolute atomic E-state index is 4.26. The van der Waals surface area contributed by atoms with E-state index in [1.807, 2.05) is 0 Å². The van der Waals surface area contributed by atoms with Crippen molar-refractivity contribution in [3.63, 3.8) is 0 Å². The third-order valence-corrected chi connectivity index (χ3v) is 9.28. The van der Waals surface area contributed by atoms with Crippen LogP contribution in [0.3, 0.4) is 0 Å². The molecule has 3 rings (SSSR count). The highest BCUT2D eigenvalue weighted by molar-refractivity contribution is 5.32. The Hall–Kier alpha value is -0.780. The molecule has 0 aromatic carbocycles. The minimum atomic E-state index is 0.425. The van der Waals surface area contributed by atoms with Gasteiger partial charge in [-0.15, -0.1) is 6.58 Å². The maximum atomic E-state index is 4.26. The molecule has 2 saturated carbocycles. The number of rotatable bonds is 5. The Labute approximate surface area is 163 Å². The zero-order valence-corrected chi connectivity index (χ0v) is 18.2. The van der Waals surface area contributed by atoms with Crippen LogP contribution < -0.4 is 0 Å². The second kappa shape index (κ2) is 7.33. The molecule has 3 aliphatic carbocycles. The summed E-state index contributed by atoms with van der Waals surface area (Å²) in [5.41, 5.74) is 5.40. The monoisotopic (exact) mass is 354 g/mol. The topological polar surface area (TPSA) is 0 Å². The first kappa shape index (κ1) is 20.0. The molecule has 3 aliphatic rings. The van der Waals surface area contributed by atoms with Gasteiger partial charge < -0.3 is 0 Å². The number of hydrogen-bond donors (Lipinski definition) is 0. The van der Waals surface area contributed by atoms with Gasteiger partial charge in [0.2, 0.25) is 0 Å². The molecule has 146 valence electrons. The van der Waals surface area contributed by atoms with Crippen molar-refractivity contribution in [3.8, 4) is 0 Å². The average molecular weight is 355 g/mol. The standard InChI is InChI=1S/C26H42/c1-8-25(6)21(10-9-18(2)3)12-14-24(25)23-13-11-22-17-19(4)15-16-26(22,7)20(23)5/h17,20-21,23-24H,2,4,8-16H2,1,3,5-7H3/t20?,21-,23?,24?,25?,26?/m1/s1. The van der Waals surface area contributed by atoms with E-state index in [4.69, 9.17) is 0 Å². The smallest absolute Gasteiger partial charge is 0.00817 e. The number of allylic oxidation sites excluding steroid dienone is 4. The summed E-state index contributed by atoms with van der Waals surface area (Å²) in [6, 6.07) is 0. The van der Waals surface area contributed by atoms with Crippen LogP contribution in [-0.4, -0.2) is 0 Å². The molecule has 0 radical (unpaired) electrons. The van der Waals surface area contributed by atoms with Crippen LogP contribution in [0.5, 0.6) is 0 Å². The lowest BCUT2D eigenvalue weighted by Gasteiger charge is -2.53. The van der Waals surface area contributed by atoms with E-state index in [0.717, 1.165) is 23.7 Å². The molecule has 2 fully saturated rings. The van der Waals surface area contributed by atoms with Gasteiger partial charge in [0.15, 0.2) is 0 Å². The summed E-state index contributed by atoms with van der Waals surface area (Å²) in [6.45, 7) is 20.9. The third kappa shape index (κ3) is 3.27. The van der Waals surface area contributed by atoms with Crippen molar-refractivity contribution in [2.45, 2.75) is 92.4 Å². The predicted octanol–water partition coefficient (Wildman–Crippen LogP) is 8.11. The SMILES string of the molecule is C=C(C)CC[C@@H]1CCC(C2CCC3=CC(=C)CCC3(C)C2C)C1(C)CC. The van der Waals surface area contributed by atoms with Crippen molar-refractivity contribution >= 4 is 0 Å². The Kier molecular flexibility index (Phi) is 5.63. The van der Waals surface area contributed by atoms with Crippen LogP contribution in [0.15, 0.2) is 36.0 Å². The van der Waals surface area contributed by atoms with E-state index in [1.165, 1.54) is 68.9 Å². The molecule has 0 heterocycles. The van der Waals surface area contributed by atoms with E-state index in [0.29, 0.717) is 10.8 Å². The molecular weight excluding hydrogens is 312 g/mol. The molecule has 0 N–H and O–H groups in total. The van der Waals surface area contributed by atoms with Gasteiger partial charge in [-0.3, -0.25) is 0 Å². The highest BCUT2D eigenvalue weighted by Gasteiger charge is 2.53. The molecule has 0 heteroatoms. The van der Waals surface area contributed by atoms with Gasteiger partial charge in [0.05, 0.1) is 0 Å². The van der Waals surface area contributed by atoms with Crippen molar-refractivity contribution in [2.75, 3.05) is 0 Å². The summed E-state index contributed by atoms with van der Waals surface area (Å²) < 4.78 is 0. The molecule has 5 unspecified atom stereocenters. The predicted molar refractivity (Wildman–Crippen MR) is 115 cm³/mol. The van der Waals surface area contributed by atoms with Crippen LogP contribution in [-0.2, 0) is 0 Å². The van der Waals surface area contributed by atoms with E-state index in [2.05, 4.69) is 53.9 Å². The molecule has 0 bridgehead atoms. The molecule has 0 nitrogen and oxygen atoms in total. The van der Waals surface area contributed by atoms with Gasteiger partial charge in [-0.25, -0.2) is 0 Å². The molecule has 6 atom stereocenters. The zero-order valence-electron chi connectivity index (χ0n) is 18.2. The quantitative estimate of drug-likeness (QED) is 0.437. The summed E-state index contributed by atoms with van der Waals surface area (Å²) in [6.07, 6.45) is 14.5. The Morgan fingerprint density at radius 1 is 1.19 bits per heavy atom. The van der Waals surface area contributed by atoms with Gasteiger partial charge in [0.25, 0.3) is 0 Å². The molecule has 0 aromatic rings. The number of fused-ring (bicyclic) bond motifs is 1. The number of hydrogen-bond acceptors (Lipinski definition) is 0. The third-order valence-electron chi connectivity index (χ3n) is 9.28. The molecule has 0 amide bonds. The van der Waals surface area contributed by atoms with E-state index < -0.39 is 0 Å². The lowest BCUT2D eigenvalue weighted by molar-refractivity contribution is 0.0125. The van der Waals surface area contributed by atoms with Crippen molar-refractivity contribution in [1.82, 2.24) is 0 Å². The van der Waals surface area contributed by atoms with Crippen molar-refractivity contribution in [3.05, 3.63) is 36.0 Å². The summed E-state index contributed by atoms with van der Waals surface area (Å²) in [7, 11) is 0. The molecular formula is C26H42. The van der Waals surface area contributed by atoms with Crippen LogP contribution in [0, 0.1) is 34.5 Å². The lowest BCUT2D eigenvalue weighted by Crippen LogP contribution is -2.44. The summed E-state index contributed by atoms with van der Waals surface area (Å²) >= 11 is 0. The van der Waals surface area contributed by atoms with Crippen LogP contribution in [0.1, 0.15) is 92.4 Å². The van der Waals surface area contributed by atoms with Crippen molar-refractivity contribution in [1.29, 1.82) is 0 Å². The fraction of sp³-hybridized carbons (Fsp3) is 0.769. The largest absolute Gasteiger partial charge is 0.100 e. The molecule has 0 aromatic heterocycles. The molecule has 0 spiro atoms. The van der Waals surface area contributed by atoms with E-state index >= 15 is 0 Å². The van der Waals surface area contributed by atoms with Crippen molar-refractivity contribution in [2.24, 2.45) is 34.5 Å². The van der Waals surface area contributed by atoms with Crippen LogP contribution in [0.4, 0.5) is 0 Å². The average Bonchev–Trinajstić information content (AvgIpc) is 2.92. The van der Waals surface area contributed by atoms with Gasteiger partial charge in [-0.05, 0) is 92.8 Å². The summed E-state index contributed by atoms with van der Waals surface area (Å²) in [4.78, 5) is 0. The minimum absolute atomic E-state index is 0.425. The highest BCUT2D eigenvalue weighted by Crippen LogP contribution is 2.62. The van der Waals surface area contributed by atoms with Crippen LogP contribution in [0.2, 0.25) is 0 Å². The van der Waals surface area contributed by atoms with Crippen LogP contribution in [0.25, 0.3) is 0 Å². The highest BCUT2D eigenvalue weighted by atomic mass is 14.6. The van der Waals surface area contributed by atoms with E-state index in [1.54, 1.807) is 5.57 Å². The molecule has 26 heavy (non-hydrogen) atoms. The van der Waals surface area contributed by atoms with E-state index in [-0.39, 0.29) is 0 Å². The first-order chi connectivity index (χ1) is 12.2. The fourth-order valence-corrected chi connectivity index (χ4v) is 7.03. The molecule has 0 aliphatic heterocycles. The van der Waals surface area contributed by atoms with Gasteiger partial charge in [-0.1, -0.05) is 63.5 Å². The maximum Gasteiger partial charge on any atom is -0.00817 e. The Morgan fingerprint density at radius 3 is 2.58 bits per heavy atom. The van der Waals surface area contributed by atoms with Crippen LogP contribution >= 0.6 is 0 Å². The van der Waals surface area contributed by atoms with Crippen molar-refractivity contribution < 1.29 is 0 Å². The zero-order chi connectivity index (χ0) is 19.1. The second-order valence-corrected chi connectivity index (χ2v) is 10.5. The lowest BCUT2D eigenvalue weighted by atomic mass is 9.52. The molecule has 0 saturated heterocycles. The van der Waals surface area contributed by atoms with Gasteiger partial charge in [0, 0.05) is 0 Å². The van der Waals surface area contributed by atoms with Gasteiger partial charge in [0.1, 0.15) is 0 Å². The summed E-state index contributed by atoms with van der Waals surface area (Å²) in [5, 5.41) is 0. The Morgan fingerprint density at radius 2 is 1.92 bits per heavy atom. The normalized spacial score (nSPS) is 43.1. The van der Waals surface area contributed by atoms with Gasteiger partial charge in [-0.2, -0.15) is 0 Å². The first-order valence-corrected chi connectivity index (χ1v) is 11.3. The fourth-order valence-electron chi connectivity index (χ4n) is 7.03. The Bertz CT molecular complexity index is 593. The summed E-state index contributed by atoms with van der Waals surface area (Å²) in [5.74, 6) is 3.54. The second-order valence-electron chi connectivity index (χ2n) is 10.5. The van der Waals surface area contributed by atoms with E-state index in [9.17, 15) is 0 Å². The van der Waals surface area contributed by atoms with Gasteiger partial charge >= 0.3 is 0 Å². The Balaban J connectivity index is 1.81.